The first kappa shape index (κ1) is 20.4. The van der Waals surface area contributed by atoms with Crippen molar-refractivity contribution in [2.45, 2.75) is 46.8 Å². The van der Waals surface area contributed by atoms with Gasteiger partial charge in [0.1, 0.15) is 0 Å². The number of nitrogens with zero attached hydrogens (tertiary/aromatic N) is 1. The van der Waals surface area contributed by atoms with Gasteiger partial charge in [0.05, 0.1) is 0 Å². The van der Waals surface area contributed by atoms with Gasteiger partial charge in [-0.2, -0.15) is 0 Å². The van der Waals surface area contributed by atoms with Gasteiger partial charge in [-0.3, -0.25) is 0 Å². The average molecular weight is 335 g/mol. The molecule has 2 atom stereocenters. The van der Waals surface area contributed by atoms with E-state index >= 15 is 0 Å². The molecule has 107 valence electrons. The van der Waals surface area contributed by atoms with Crippen molar-refractivity contribution in [1.82, 2.24) is 0 Å². The normalized spacial score (nSPS) is 12.6. The Bertz CT molecular complexity index is 294. The molecule has 0 aliphatic heterocycles. The van der Waals surface area contributed by atoms with Crippen LogP contribution < -0.4 is 0 Å². The van der Waals surface area contributed by atoms with E-state index in [9.17, 15) is 5.11 Å². The Kier molecular flexibility index (Phi) is 13.7. The van der Waals surface area contributed by atoms with Gasteiger partial charge in [0, 0.05) is 6.10 Å². The molecular formula is C13H22Cl2FeNO. The van der Waals surface area contributed by atoms with Gasteiger partial charge in [-0.1, -0.05) is 44.2 Å². The molecule has 1 aromatic rings. The molecule has 0 bridgehead atoms. The molecule has 0 aliphatic rings. The van der Waals surface area contributed by atoms with Gasteiger partial charge in [0.2, 0.25) is 0 Å². The fraction of sp³-hybridized carbons (Fsp3) is 0.538. The van der Waals surface area contributed by atoms with Crippen LogP contribution in [0, 0.1) is 6.92 Å². The number of benzene rings is 1. The van der Waals surface area contributed by atoms with E-state index in [-0.39, 0.29) is 32.7 Å². The van der Waals surface area contributed by atoms with Crippen LogP contribution in [0.1, 0.15) is 33.3 Å². The Morgan fingerprint density at radius 2 is 1.67 bits per heavy atom. The van der Waals surface area contributed by atoms with Gasteiger partial charge in [-0.15, -0.1) is 11.7 Å². The molecule has 0 spiro atoms. The number of hydrogen-bond donors (Lipinski definition) is 1. The van der Waals surface area contributed by atoms with Gasteiger partial charge < -0.3 is 10.4 Å². The predicted octanol–water partition coefficient (Wildman–Crippen LogP) is 5.17. The molecule has 0 fully saturated rings. The molecule has 18 heavy (non-hydrogen) atoms. The number of aliphatic hydroxyl groups excluding tert-OH is 1. The van der Waals surface area contributed by atoms with Gasteiger partial charge in [0.25, 0.3) is 0 Å². The topological polar surface area (TPSA) is 34.3 Å². The van der Waals surface area contributed by atoms with E-state index in [1.54, 1.807) is 6.92 Å². The molecule has 0 radical (unpaired) electrons. The second-order valence-corrected chi connectivity index (χ2v) is 5.77. The Morgan fingerprint density at radius 1 is 1.22 bits per heavy atom. The van der Waals surface area contributed by atoms with Crippen LogP contribution in [0.2, 0.25) is 0 Å². The molecule has 0 saturated carbocycles. The maximum atomic E-state index is 9.18. The van der Waals surface area contributed by atoms with Gasteiger partial charge in [0.15, 0.2) is 0 Å². The molecule has 1 N–H and O–H groups in total. The minimum absolute atomic E-state index is 0. The summed E-state index contributed by atoms with van der Waals surface area (Å²) in [5.74, 6) is 0. The summed E-state index contributed by atoms with van der Waals surface area (Å²) in [6.45, 7) is 5.87. The quantitative estimate of drug-likeness (QED) is 0.757. The van der Waals surface area contributed by atoms with E-state index in [2.05, 4.69) is 12.2 Å². The zero-order valence-corrected chi connectivity index (χ0v) is 12.8. The second kappa shape index (κ2) is 12.1. The zero-order chi connectivity index (χ0) is 13.3. The van der Waals surface area contributed by atoms with E-state index < -0.39 is 0 Å². The Balaban J connectivity index is 0. The number of aryl methyl sites for hydroxylation is 1. The third kappa shape index (κ3) is 11.2. The summed E-state index contributed by atoms with van der Waals surface area (Å²) in [6, 6.07) is 8.29. The zero-order valence-electron chi connectivity index (χ0n) is 10.2. The van der Waals surface area contributed by atoms with Crippen LogP contribution in [0.4, 0.5) is 5.69 Å². The van der Waals surface area contributed by atoms with Crippen molar-refractivity contribution < 1.29 is 18.2 Å². The summed E-state index contributed by atoms with van der Waals surface area (Å²) in [4.78, 5) is 0. The minimum atomic E-state index is -0.279. The number of rotatable bonds is 4. The van der Waals surface area contributed by atoms with Crippen molar-refractivity contribution >= 4 is 25.9 Å². The Labute approximate surface area is 126 Å². The van der Waals surface area contributed by atoms with Crippen LogP contribution >= 0.6 is 20.2 Å². The van der Waals surface area contributed by atoms with E-state index in [0.29, 0.717) is 6.42 Å². The van der Waals surface area contributed by atoms with Crippen LogP contribution in [-0.4, -0.2) is 17.3 Å². The predicted molar refractivity (Wildman–Crippen MR) is 78.4 cm³/mol. The molecular weight excluding hydrogens is 313 g/mol. The first-order valence-electron chi connectivity index (χ1n) is 5.30. The molecule has 2 unspecified atom stereocenters. The van der Waals surface area contributed by atoms with E-state index in [1.807, 2.05) is 31.2 Å². The summed E-state index contributed by atoms with van der Waals surface area (Å²) in [6.07, 6.45) is 0.438. The first-order chi connectivity index (χ1) is 7.99. The second-order valence-electron chi connectivity index (χ2n) is 3.95. The Hall–Kier alpha value is 0.0795. The van der Waals surface area contributed by atoms with Crippen molar-refractivity contribution in [3.63, 3.8) is 0 Å². The fourth-order valence-electron chi connectivity index (χ4n) is 1.43. The molecule has 0 heterocycles. The monoisotopic (exact) mass is 334 g/mol. The van der Waals surface area contributed by atoms with Crippen molar-refractivity contribution in [2.24, 2.45) is 0 Å². The van der Waals surface area contributed by atoms with Crippen molar-refractivity contribution in [3.05, 3.63) is 35.1 Å². The number of aliphatic hydroxyl groups is 1. The fourth-order valence-corrected chi connectivity index (χ4v) is 1.43. The van der Waals surface area contributed by atoms with Crippen LogP contribution in [0.25, 0.3) is 5.32 Å². The molecule has 0 saturated heterocycles. The molecule has 0 aliphatic carbocycles. The van der Waals surface area contributed by atoms with Crippen LogP contribution in [-0.2, 0) is 13.1 Å². The van der Waals surface area contributed by atoms with Gasteiger partial charge >= 0.3 is 33.3 Å². The maximum absolute atomic E-state index is 9.18. The Morgan fingerprint density at radius 3 is 2.06 bits per heavy atom. The van der Waals surface area contributed by atoms with Gasteiger partial charge in [-0.05, 0) is 20.3 Å². The van der Waals surface area contributed by atoms with Crippen LogP contribution in [0.5, 0.6) is 0 Å². The van der Waals surface area contributed by atoms with Crippen molar-refractivity contribution in [3.8, 4) is 0 Å². The molecule has 0 aromatic heterocycles. The third-order valence-electron chi connectivity index (χ3n) is 2.09. The van der Waals surface area contributed by atoms with Crippen LogP contribution in [0.15, 0.2) is 24.3 Å². The van der Waals surface area contributed by atoms with Gasteiger partial charge in [-0.25, -0.2) is 0 Å². The summed E-state index contributed by atoms with van der Waals surface area (Å²) in [5, 5.41) is 13.7. The summed E-state index contributed by atoms with van der Waals surface area (Å²) in [7, 11) is 9.53. The average Bonchev–Trinajstić information content (AvgIpc) is 2.21. The van der Waals surface area contributed by atoms with E-state index in [4.69, 9.17) is 20.2 Å². The summed E-state index contributed by atoms with van der Waals surface area (Å²) in [5.41, 5.74) is 2.23. The summed E-state index contributed by atoms with van der Waals surface area (Å²) < 4.78 is 0. The van der Waals surface area contributed by atoms with Crippen LogP contribution in [0.3, 0.4) is 0 Å². The molecule has 2 nitrogen and oxygen atoms in total. The molecule has 1 rings (SSSR count). The molecule has 5 heteroatoms. The molecule has 1 aromatic carbocycles. The third-order valence-corrected chi connectivity index (χ3v) is 2.09. The van der Waals surface area contributed by atoms with E-state index in [1.165, 1.54) is 5.56 Å². The van der Waals surface area contributed by atoms with Crippen molar-refractivity contribution in [2.75, 3.05) is 0 Å². The number of hydrogen-bond acceptors (Lipinski definition) is 1. The number of halogens is 2. The van der Waals surface area contributed by atoms with Crippen molar-refractivity contribution in [1.29, 1.82) is 0 Å². The molecule has 0 amide bonds. The standard InChI is InChI=1S/C12H18NO.CH4.2ClH.Fe/c1-9-4-6-12(7-5-9)13-10(2)8-11(3)14;;;;/h4-7,10-11,14H,8H2,1-3H3;1H4;2*1H;/q-1;;;;+3/p-2. The summed E-state index contributed by atoms with van der Waals surface area (Å²) >= 11 is 0.194. The van der Waals surface area contributed by atoms with E-state index in [0.717, 1.165) is 5.69 Å². The SMILES string of the molecule is C.Cc1ccc([N-]C(C)CC(C)O)cc1.[Cl][Fe+][Cl]. The first-order valence-corrected chi connectivity index (χ1v) is 8.34.